The van der Waals surface area contributed by atoms with Crippen LogP contribution in [0.3, 0.4) is 0 Å². The Kier molecular flexibility index (Phi) is 6.19. The minimum absolute atomic E-state index is 0.0286. The van der Waals surface area contributed by atoms with Crippen molar-refractivity contribution in [3.8, 4) is 0 Å². The monoisotopic (exact) mass is 318 g/mol. The van der Waals surface area contributed by atoms with Crippen LogP contribution < -0.4 is 5.32 Å². The lowest BCUT2D eigenvalue weighted by Crippen LogP contribution is -2.55. The number of carbonyl (C=O) groups is 1. The number of benzene rings is 1. The van der Waals surface area contributed by atoms with E-state index in [0.717, 1.165) is 32.7 Å². The van der Waals surface area contributed by atoms with Gasteiger partial charge >= 0.3 is 0 Å². The van der Waals surface area contributed by atoms with Gasteiger partial charge in [0, 0.05) is 31.6 Å². The van der Waals surface area contributed by atoms with Gasteiger partial charge in [-0.05, 0) is 45.2 Å². The summed E-state index contributed by atoms with van der Waals surface area (Å²) < 4.78 is 5.40. The molecule has 4 nitrogen and oxygen atoms in total. The highest BCUT2D eigenvalue weighted by Gasteiger charge is 2.28. The quantitative estimate of drug-likeness (QED) is 0.876. The summed E-state index contributed by atoms with van der Waals surface area (Å²) in [7, 11) is 0. The number of hydrogen-bond donors (Lipinski definition) is 1. The van der Waals surface area contributed by atoms with Crippen molar-refractivity contribution in [1.82, 2.24) is 10.2 Å². The van der Waals surface area contributed by atoms with Crippen molar-refractivity contribution in [2.45, 2.75) is 46.1 Å². The lowest BCUT2D eigenvalue weighted by Gasteiger charge is -2.40. The van der Waals surface area contributed by atoms with Gasteiger partial charge in [0.1, 0.15) is 0 Å². The molecule has 1 aromatic rings. The Balaban J connectivity index is 1.78. The fraction of sp³-hybridized carbons (Fsp3) is 0.632. The van der Waals surface area contributed by atoms with E-state index in [0.29, 0.717) is 13.0 Å². The van der Waals surface area contributed by atoms with Gasteiger partial charge in [-0.3, -0.25) is 9.69 Å². The maximum absolute atomic E-state index is 12.2. The van der Waals surface area contributed by atoms with Crippen LogP contribution in [-0.4, -0.2) is 49.2 Å². The number of amides is 1. The number of nitrogens with one attached hydrogen (secondary N) is 1. The third-order valence-corrected chi connectivity index (χ3v) is 4.70. The van der Waals surface area contributed by atoms with E-state index in [1.54, 1.807) is 0 Å². The van der Waals surface area contributed by atoms with Gasteiger partial charge in [-0.2, -0.15) is 0 Å². The van der Waals surface area contributed by atoms with Crippen LogP contribution >= 0.6 is 0 Å². The molecule has 2 rings (SSSR count). The van der Waals surface area contributed by atoms with Gasteiger partial charge in [0.2, 0.25) is 5.91 Å². The SMILES string of the molecule is Cc1ccc(CCC(=O)NCC(C)(C)N2CCOCC2)c(C)c1. The summed E-state index contributed by atoms with van der Waals surface area (Å²) in [6, 6.07) is 6.42. The van der Waals surface area contributed by atoms with E-state index in [4.69, 9.17) is 4.74 Å². The predicted octanol–water partition coefficient (Wildman–Crippen LogP) is 2.46. The molecule has 0 aromatic heterocycles. The summed E-state index contributed by atoms with van der Waals surface area (Å²) in [6.07, 6.45) is 1.35. The van der Waals surface area contributed by atoms with E-state index in [9.17, 15) is 4.79 Å². The number of ether oxygens (including phenoxy) is 1. The Morgan fingerprint density at radius 3 is 2.61 bits per heavy atom. The number of aryl methyl sites for hydroxylation is 3. The van der Waals surface area contributed by atoms with Crippen molar-refractivity contribution in [1.29, 1.82) is 0 Å². The van der Waals surface area contributed by atoms with Gasteiger partial charge in [-0.15, -0.1) is 0 Å². The molecule has 0 unspecified atom stereocenters. The Morgan fingerprint density at radius 2 is 1.96 bits per heavy atom. The molecule has 1 aliphatic rings. The zero-order valence-corrected chi connectivity index (χ0v) is 14.9. The molecule has 1 aromatic carbocycles. The molecule has 1 aliphatic heterocycles. The molecule has 1 fully saturated rings. The van der Waals surface area contributed by atoms with Gasteiger partial charge in [0.05, 0.1) is 13.2 Å². The van der Waals surface area contributed by atoms with Crippen LogP contribution in [0, 0.1) is 13.8 Å². The molecule has 0 aliphatic carbocycles. The van der Waals surface area contributed by atoms with Crippen LogP contribution in [0.4, 0.5) is 0 Å². The fourth-order valence-corrected chi connectivity index (χ4v) is 3.06. The van der Waals surface area contributed by atoms with Crippen molar-refractivity contribution >= 4 is 5.91 Å². The number of rotatable bonds is 6. The molecule has 4 heteroatoms. The zero-order chi connectivity index (χ0) is 16.9. The third kappa shape index (κ3) is 5.33. The highest BCUT2D eigenvalue weighted by Crippen LogP contribution is 2.16. The number of morpholine rings is 1. The molecule has 1 amide bonds. The first-order chi connectivity index (χ1) is 10.9. The molecular formula is C19H30N2O2. The summed E-state index contributed by atoms with van der Waals surface area (Å²) in [5.74, 6) is 0.131. The summed E-state index contributed by atoms with van der Waals surface area (Å²) in [5.41, 5.74) is 3.77. The summed E-state index contributed by atoms with van der Waals surface area (Å²) >= 11 is 0. The second-order valence-corrected chi connectivity index (χ2v) is 7.12. The second kappa shape index (κ2) is 7.93. The maximum atomic E-state index is 12.2. The van der Waals surface area contributed by atoms with Crippen LogP contribution in [0.15, 0.2) is 18.2 Å². The third-order valence-electron chi connectivity index (χ3n) is 4.70. The average molecular weight is 318 g/mol. The first kappa shape index (κ1) is 18.0. The highest BCUT2D eigenvalue weighted by molar-refractivity contribution is 5.76. The molecule has 0 bridgehead atoms. The molecule has 128 valence electrons. The van der Waals surface area contributed by atoms with Gasteiger partial charge < -0.3 is 10.1 Å². The molecule has 1 N–H and O–H groups in total. The van der Waals surface area contributed by atoms with E-state index in [-0.39, 0.29) is 11.4 Å². The van der Waals surface area contributed by atoms with E-state index >= 15 is 0 Å². The predicted molar refractivity (Wildman–Crippen MR) is 93.7 cm³/mol. The molecule has 1 heterocycles. The van der Waals surface area contributed by atoms with Gasteiger partial charge in [-0.25, -0.2) is 0 Å². The Morgan fingerprint density at radius 1 is 1.26 bits per heavy atom. The lowest BCUT2D eigenvalue weighted by atomic mass is 10.0. The summed E-state index contributed by atoms with van der Waals surface area (Å²) in [6.45, 7) is 12.7. The fourth-order valence-electron chi connectivity index (χ4n) is 3.06. The van der Waals surface area contributed by atoms with E-state index in [1.165, 1.54) is 16.7 Å². The molecule has 0 saturated carbocycles. The van der Waals surface area contributed by atoms with E-state index in [1.807, 2.05) is 0 Å². The first-order valence-electron chi connectivity index (χ1n) is 8.54. The molecular weight excluding hydrogens is 288 g/mol. The smallest absolute Gasteiger partial charge is 0.220 e. The molecule has 0 radical (unpaired) electrons. The van der Waals surface area contributed by atoms with Crippen LogP contribution in [0.2, 0.25) is 0 Å². The minimum Gasteiger partial charge on any atom is -0.379 e. The van der Waals surface area contributed by atoms with Gasteiger partial charge in [0.25, 0.3) is 0 Å². The largest absolute Gasteiger partial charge is 0.379 e. The van der Waals surface area contributed by atoms with Crippen LogP contribution in [0.5, 0.6) is 0 Å². The van der Waals surface area contributed by atoms with Crippen molar-refractivity contribution < 1.29 is 9.53 Å². The minimum atomic E-state index is -0.0286. The second-order valence-electron chi connectivity index (χ2n) is 7.12. The lowest BCUT2D eigenvalue weighted by molar-refractivity contribution is -0.121. The zero-order valence-electron chi connectivity index (χ0n) is 14.9. The van der Waals surface area contributed by atoms with Crippen molar-refractivity contribution in [2.75, 3.05) is 32.8 Å². The highest BCUT2D eigenvalue weighted by atomic mass is 16.5. The van der Waals surface area contributed by atoms with Crippen LogP contribution in [0.25, 0.3) is 0 Å². The number of hydrogen-bond acceptors (Lipinski definition) is 3. The van der Waals surface area contributed by atoms with Crippen LogP contribution in [-0.2, 0) is 16.0 Å². The average Bonchev–Trinajstić information content (AvgIpc) is 2.53. The van der Waals surface area contributed by atoms with Gasteiger partial charge in [-0.1, -0.05) is 23.8 Å². The van der Waals surface area contributed by atoms with Crippen molar-refractivity contribution in [3.05, 3.63) is 34.9 Å². The number of carbonyl (C=O) groups excluding carboxylic acids is 1. The Hall–Kier alpha value is -1.39. The molecule has 1 saturated heterocycles. The molecule has 0 atom stereocenters. The first-order valence-corrected chi connectivity index (χ1v) is 8.54. The normalized spacial score (nSPS) is 16.3. The Labute approximate surface area is 140 Å². The van der Waals surface area contributed by atoms with Crippen molar-refractivity contribution in [3.63, 3.8) is 0 Å². The summed E-state index contributed by atoms with van der Waals surface area (Å²) in [5, 5.41) is 3.10. The molecule has 0 spiro atoms. The van der Waals surface area contributed by atoms with Gasteiger partial charge in [0.15, 0.2) is 0 Å². The van der Waals surface area contributed by atoms with E-state index < -0.39 is 0 Å². The Bertz CT molecular complexity index is 534. The topological polar surface area (TPSA) is 41.6 Å². The number of nitrogens with zero attached hydrogens (tertiary/aromatic N) is 1. The van der Waals surface area contributed by atoms with Crippen molar-refractivity contribution in [2.24, 2.45) is 0 Å². The summed E-state index contributed by atoms with van der Waals surface area (Å²) in [4.78, 5) is 14.6. The maximum Gasteiger partial charge on any atom is 0.220 e. The molecule has 23 heavy (non-hydrogen) atoms. The van der Waals surface area contributed by atoms with E-state index in [2.05, 4.69) is 56.1 Å². The van der Waals surface area contributed by atoms with Crippen LogP contribution in [0.1, 0.15) is 37.0 Å². The standard InChI is InChI=1S/C19H30N2O2/c1-15-5-6-17(16(2)13-15)7-8-18(22)20-14-19(3,4)21-9-11-23-12-10-21/h5-6,13H,7-12,14H2,1-4H3,(H,20,22).